The molecule has 0 atom stereocenters. The second-order valence-electron chi connectivity index (χ2n) is 3.40. The van der Waals surface area contributed by atoms with Gasteiger partial charge in [-0.1, -0.05) is 5.10 Å². The Bertz CT molecular complexity index is 399. The van der Waals surface area contributed by atoms with Crippen molar-refractivity contribution in [3.8, 4) is 6.07 Å². The highest BCUT2D eigenvalue weighted by Gasteiger charge is 2.12. The monoisotopic (exact) mass is 207 g/mol. The highest BCUT2D eigenvalue weighted by Crippen LogP contribution is 2.16. The molecule has 6 heteroatoms. The van der Waals surface area contributed by atoms with Crippen molar-refractivity contribution < 1.29 is 4.42 Å². The minimum absolute atomic E-state index is 0.231. The highest BCUT2D eigenvalue weighted by molar-refractivity contribution is 5.71. The van der Waals surface area contributed by atoms with Crippen molar-refractivity contribution in [1.82, 2.24) is 15.1 Å². The number of nitrogens with zero attached hydrogens (tertiary/aromatic N) is 5. The van der Waals surface area contributed by atoms with Crippen LogP contribution in [0.2, 0.25) is 0 Å². The van der Waals surface area contributed by atoms with E-state index in [9.17, 15) is 0 Å². The lowest BCUT2D eigenvalue weighted by Crippen LogP contribution is -2.08. The number of allylic oxidation sites excluding steroid dienone is 1. The van der Waals surface area contributed by atoms with Crippen molar-refractivity contribution in [3.05, 3.63) is 12.1 Å². The van der Waals surface area contributed by atoms with Crippen molar-refractivity contribution in [1.29, 1.82) is 5.26 Å². The number of hydrogen-bond acceptors (Lipinski definition) is 6. The van der Waals surface area contributed by atoms with Crippen LogP contribution >= 0.6 is 0 Å². The molecule has 0 aliphatic carbocycles. The first-order valence-electron chi connectivity index (χ1n) is 4.34. The molecule has 0 aliphatic rings. The molecule has 0 aliphatic heterocycles. The number of nitriles is 1. The van der Waals surface area contributed by atoms with E-state index >= 15 is 0 Å². The summed E-state index contributed by atoms with van der Waals surface area (Å²) in [6.45, 7) is 0. The molecule has 15 heavy (non-hydrogen) atoms. The Morgan fingerprint density at radius 2 is 2.00 bits per heavy atom. The van der Waals surface area contributed by atoms with Crippen LogP contribution in [0.3, 0.4) is 0 Å². The molecule has 0 amide bonds. The Morgan fingerprint density at radius 1 is 1.33 bits per heavy atom. The van der Waals surface area contributed by atoms with E-state index in [0.717, 1.165) is 0 Å². The van der Waals surface area contributed by atoms with Crippen molar-refractivity contribution in [2.75, 3.05) is 33.1 Å². The molecule has 0 N–H and O–H groups in total. The van der Waals surface area contributed by atoms with E-state index in [4.69, 9.17) is 9.68 Å². The summed E-state index contributed by atoms with van der Waals surface area (Å²) in [5.41, 5.74) is 0.348. The standard InChI is InChI=1S/C9H13N5O/c1-13(2)6-7(5-10)8-11-12-9(15-8)14(3)4/h6H,1-4H3/b7-6-. The van der Waals surface area contributed by atoms with Gasteiger partial charge in [0.05, 0.1) is 0 Å². The lowest BCUT2D eigenvalue weighted by Gasteiger charge is -2.04. The van der Waals surface area contributed by atoms with E-state index in [1.807, 2.05) is 20.2 Å². The topological polar surface area (TPSA) is 69.2 Å². The fraction of sp³-hybridized carbons (Fsp3) is 0.444. The number of aromatic nitrogens is 2. The summed E-state index contributed by atoms with van der Waals surface area (Å²) in [6, 6.07) is 2.39. The van der Waals surface area contributed by atoms with Gasteiger partial charge in [0, 0.05) is 34.4 Å². The van der Waals surface area contributed by atoms with Gasteiger partial charge in [0.2, 0.25) is 0 Å². The van der Waals surface area contributed by atoms with Crippen molar-refractivity contribution in [3.63, 3.8) is 0 Å². The second kappa shape index (κ2) is 4.46. The highest BCUT2D eigenvalue weighted by atomic mass is 16.4. The van der Waals surface area contributed by atoms with Crippen molar-refractivity contribution >= 4 is 11.6 Å². The first kappa shape index (κ1) is 11.0. The first-order chi connectivity index (χ1) is 7.04. The lowest BCUT2D eigenvalue weighted by atomic mass is 10.3. The molecular formula is C9H13N5O. The zero-order valence-corrected chi connectivity index (χ0v) is 9.22. The maximum atomic E-state index is 8.89. The molecule has 0 unspecified atom stereocenters. The van der Waals surface area contributed by atoms with Gasteiger partial charge >= 0.3 is 6.01 Å². The van der Waals surface area contributed by atoms with Crippen LogP contribution in [0.25, 0.3) is 5.57 Å². The number of hydrogen-bond donors (Lipinski definition) is 0. The van der Waals surface area contributed by atoms with Crippen molar-refractivity contribution in [2.45, 2.75) is 0 Å². The summed E-state index contributed by atoms with van der Waals surface area (Å²) in [7, 11) is 7.22. The first-order valence-corrected chi connectivity index (χ1v) is 4.34. The molecule has 1 aromatic heterocycles. The SMILES string of the molecule is CN(C)/C=C(/C#N)c1nnc(N(C)C)o1. The maximum absolute atomic E-state index is 8.89. The zero-order chi connectivity index (χ0) is 11.4. The minimum atomic E-state index is 0.231. The van der Waals surface area contributed by atoms with Gasteiger partial charge in [0.25, 0.3) is 5.89 Å². The summed E-state index contributed by atoms with van der Waals surface area (Å²) in [5, 5.41) is 16.5. The quantitative estimate of drug-likeness (QED) is 0.674. The van der Waals surface area contributed by atoms with E-state index < -0.39 is 0 Å². The summed E-state index contributed by atoms with van der Waals surface area (Å²) in [6.07, 6.45) is 1.63. The molecule has 6 nitrogen and oxygen atoms in total. The molecule has 0 fully saturated rings. The van der Waals surface area contributed by atoms with Crippen molar-refractivity contribution in [2.24, 2.45) is 0 Å². The van der Waals surface area contributed by atoms with Gasteiger partial charge in [-0.2, -0.15) is 5.26 Å². The molecule has 1 heterocycles. The predicted molar refractivity (Wildman–Crippen MR) is 55.9 cm³/mol. The number of rotatable bonds is 3. The minimum Gasteiger partial charge on any atom is -0.402 e. The third-order valence-corrected chi connectivity index (χ3v) is 1.54. The largest absolute Gasteiger partial charge is 0.402 e. The molecule has 0 spiro atoms. The van der Waals surface area contributed by atoms with E-state index in [2.05, 4.69) is 10.2 Å². The molecule has 0 radical (unpaired) electrons. The third-order valence-electron chi connectivity index (χ3n) is 1.54. The molecule has 0 saturated heterocycles. The molecule has 80 valence electrons. The van der Waals surface area contributed by atoms with Gasteiger partial charge in [-0.3, -0.25) is 0 Å². The van der Waals surface area contributed by atoms with Gasteiger partial charge in [-0.25, -0.2) is 0 Å². The van der Waals surface area contributed by atoms with Gasteiger partial charge in [0.15, 0.2) is 0 Å². The summed E-state index contributed by atoms with van der Waals surface area (Å²) >= 11 is 0. The molecule has 0 saturated carbocycles. The fourth-order valence-corrected chi connectivity index (χ4v) is 0.895. The molecule has 0 aromatic carbocycles. The summed E-state index contributed by atoms with van der Waals surface area (Å²) in [4.78, 5) is 3.43. The molecule has 1 rings (SSSR count). The fourth-order valence-electron chi connectivity index (χ4n) is 0.895. The van der Waals surface area contributed by atoms with Crippen LogP contribution in [0, 0.1) is 11.3 Å². The lowest BCUT2D eigenvalue weighted by molar-refractivity contribution is 0.531. The Labute approximate surface area is 88.4 Å². The van der Waals surface area contributed by atoms with Gasteiger partial charge < -0.3 is 14.2 Å². The van der Waals surface area contributed by atoms with Crippen LogP contribution in [0.4, 0.5) is 6.01 Å². The maximum Gasteiger partial charge on any atom is 0.317 e. The third kappa shape index (κ3) is 2.71. The number of anilines is 1. The van der Waals surface area contributed by atoms with Gasteiger partial charge in [-0.15, -0.1) is 5.10 Å². The van der Waals surface area contributed by atoms with Crippen LogP contribution in [-0.4, -0.2) is 43.3 Å². The van der Waals surface area contributed by atoms with Crippen LogP contribution in [0.1, 0.15) is 5.89 Å². The Hall–Kier alpha value is -2.03. The van der Waals surface area contributed by atoms with Crippen LogP contribution < -0.4 is 4.90 Å². The van der Waals surface area contributed by atoms with Gasteiger partial charge in [0.1, 0.15) is 11.6 Å². The normalized spacial score (nSPS) is 11.0. The summed E-state index contributed by atoms with van der Waals surface area (Å²) < 4.78 is 5.29. The molecule has 0 bridgehead atoms. The molecule has 1 aromatic rings. The predicted octanol–water partition coefficient (Wildman–Crippen LogP) is 0.562. The smallest absolute Gasteiger partial charge is 0.317 e. The Morgan fingerprint density at radius 3 is 2.40 bits per heavy atom. The van der Waals surface area contributed by atoms with Crippen LogP contribution in [0.15, 0.2) is 10.6 Å². The second-order valence-corrected chi connectivity index (χ2v) is 3.40. The average Bonchev–Trinajstić information content (AvgIpc) is 2.62. The Balaban J connectivity index is 3.00. The Kier molecular flexibility index (Phi) is 3.29. The van der Waals surface area contributed by atoms with Crippen LogP contribution in [-0.2, 0) is 0 Å². The van der Waals surface area contributed by atoms with E-state index in [1.165, 1.54) is 0 Å². The van der Waals surface area contributed by atoms with E-state index in [0.29, 0.717) is 11.6 Å². The average molecular weight is 207 g/mol. The van der Waals surface area contributed by atoms with E-state index in [1.54, 1.807) is 30.1 Å². The molecular weight excluding hydrogens is 194 g/mol. The van der Waals surface area contributed by atoms with Gasteiger partial charge in [-0.05, 0) is 0 Å². The van der Waals surface area contributed by atoms with E-state index in [-0.39, 0.29) is 5.89 Å². The van der Waals surface area contributed by atoms with Crippen LogP contribution in [0.5, 0.6) is 0 Å². The zero-order valence-electron chi connectivity index (χ0n) is 9.22. The summed E-state index contributed by atoms with van der Waals surface area (Å²) in [5.74, 6) is 0.231.